The van der Waals surface area contributed by atoms with E-state index in [-0.39, 0.29) is 5.91 Å². The van der Waals surface area contributed by atoms with Gasteiger partial charge in [0.15, 0.2) is 0 Å². The Balaban J connectivity index is 2.36. The molecular formula is C13H15N3O. The molecule has 0 fully saturated rings. The highest BCUT2D eigenvalue weighted by molar-refractivity contribution is 5.94. The van der Waals surface area contributed by atoms with Crippen LogP contribution in [0.4, 0.5) is 0 Å². The molecule has 2 N–H and O–H groups in total. The highest BCUT2D eigenvalue weighted by Crippen LogP contribution is 2.16. The van der Waals surface area contributed by atoms with Crippen LogP contribution in [0.25, 0.3) is 0 Å². The van der Waals surface area contributed by atoms with Crippen LogP contribution in [0, 0.1) is 6.92 Å². The normalized spacial score (nSPS) is 10.5. The van der Waals surface area contributed by atoms with Gasteiger partial charge < -0.3 is 5.73 Å². The SMILES string of the molecule is Cc1c(Cc2ccccc2C(N)=O)cnn1C. The van der Waals surface area contributed by atoms with E-state index in [9.17, 15) is 4.79 Å². The van der Waals surface area contributed by atoms with E-state index in [1.165, 1.54) is 0 Å². The van der Waals surface area contributed by atoms with Crippen LogP contribution in [0.5, 0.6) is 0 Å². The van der Waals surface area contributed by atoms with Gasteiger partial charge in [0.25, 0.3) is 0 Å². The second kappa shape index (κ2) is 4.41. The van der Waals surface area contributed by atoms with Crippen LogP contribution >= 0.6 is 0 Å². The first-order valence-electron chi connectivity index (χ1n) is 5.44. The third kappa shape index (κ3) is 2.20. The summed E-state index contributed by atoms with van der Waals surface area (Å²) in [6, 6.07) is 7.41. The number of hydrogen-bond acceptors (Lipinski definition) is 2. The monoisotopic (exact) mass is 229 g/mol. The van der Waals surface area contributed by atoms with Crippen LogP contribution in [0.3, 0.4) is 0 Å². The fourth-order valence-electron chi connectivity index (χ4n) is 1.84. The molecule has 0 spiro atoms. The summed E-state index contributed by atoms with van der Waals surface area (Å²) >= 11 is 0. The van der Waals surface area contributed by atoms with Gasteiger partial charge in [-0.1, -0.05) is 18.2 Å². The molecule has 1 aromatic carbocycles. The Morgan fingerprint density at radius 1 is 1.35 bits per heavy atom. The predicted octanol–water partition coefficient (Wildman–Crippen LogP) is 1.42. The minimum atomic E-state index is -0.387. The van der Waals surface area contributed by atoms with Crippen LogP contribution in [0.15, 0.2) is 30.5 Å². The Bertz CT molecular complexity index is 558. The number of primary amides is 1. The lowest BCUT2D eigenvalue weighted by Gasteiger charge is -2.06. The van der Waals surface area contributed by atoms with Crippen molar-refractivity contribution in [1.82, 2.24) is 9.78 Å². The van der Waals surface area contributed by atoms with Crippen LogP contribution in [0.1, 0.15) is 27.2 Å². The van der Waals surface area contributed by atoms with Gasteiger partial charge in [0, 0.05) is 24.7 Å². The molecule has 0 aliphatic heterocycles. The first-order valence-corrected chi connectivity index (χ1v) is 5.44. The number of aromatic nitrogens is 2. The maximum absolute atomic E-state index is 11.3. The summed E-state index contributed by atoms with van der Waals surface area (Å²) in [5, 5.41) is 4.19. The maximum Gasteiger partial charge on any atom is 0.248 e. The Kier molecular flexibility index (Phi) is 2.95. The zero-order valence-corrected chi connectivity index (χ0v) is 9.97. The summed E-state index contributed by atoms with van der Waals surface area (Å²) < 4.78 is 1.82. The van der Waals surface area contributed by atoms with Gasteiger partial charge >= 0.3 is 0 Å². The van der Waals surface area contributed by atoms with Crippen molar-refractivity contribution in [2.75, 3.05) is 0 Å². The van der Waals surface area contributed by atoms with Crippen molar-refractivity contribution < 1.29 is 4.79 Å². The second-order valence-electron chi connectivity index (χ2n) is 4.08. The Hall–Kier alpha value is -2.10. The largest absolute Gasteiger partial charge is 0.366 e. The molecule has 2 aromatic rings. The van der Waals surface area contributed by atoms with Crippen molar-refractivity contribution in [1.29, 1.82) is 0 Å². The number of rotatable bonds is 3. The average Bonchev–Trinajstić information content (AvgIpc) is 2.61. The van der Waals surface area contributed by atoms with E-state index >= 15 is 0 Å². The lowest BCUT2D eigenvalue weighted by atomic mass is 10.00. The minimum absolute atomic E-state index is 0.387. The molecule has 0 aliphatic carbocycles. The minimum Gasteiger partial charge on any atom is -0.366 e. The maximum atomic E-state index is 11.3. The zero-order chi connectivity index (χ0) is 12.4. The fraction of sp³-hybridized carbons (Fsp3) is 0.231. The van der Waals surface area contributed by atoms with E-state index in [4.69, 9.17) is 5.73 Å². The highest BCUT2D eigenvalue weighted by Gasteiger charge is 2.10. The van der Waals surface area contributed by atoms with E-state index in [1.54, 1.807) is 6.07 Å². The third-order valence-electron chi connectivity index (χ3n) is 3.00. The molecule has 0 saturated carbocycles. The summed E-state index contributed by atoms with van der Waals surface area (Å²) in [5.74, 6) is -0.387. The van der Waals surface area contributed by atoms with Crippen molar-refractivity contribution >= 4 is 5.91 Å². The molecular weight excluding hydrogens is 214 g/mol. The zero-order valence-electron chi connectivity index (χ0n) is 9.97. The predicted molar refractivity (Wildman–Crippen MR) is 65.7 cm³/mol. The van der Waals surface area contributed by atoms with E-state index < -0.39 is 0 Å². The van der Waals surface area contributed by atoms with Crippen LogP contribution in [0.2, 0.25) is 0 Å². The number of carbonyl (C=O) groups is 1. The number of aryl methyl sites for hydroxylation is 1. The van der Waals surface area contributed by atoms with Gasteiger partial charge in [-0.15, -0.1) is 0 Å². The van der Waals surface area contributed by atoms with Gasteiger partial charge in [-0.25, -0.2) is 0 Å². The molecule has 1 heterocycles. The Morgan fingerprint density at radius 3 is 2.65 bits per heavy atom. The molecule has 4 heteroatoms. The number of amides is 1. The van der Waals surface area contributed by atoms with E-state index in [0.29, 0.717) is 12.0 Å². The number of carbonyl (C=O) groups excluding carboxylic acids is 1. The van der Waals surface area contributed by atoms with Gasteiger partial charge in [0.2, 0.25) is 5.91 Å². The average molecular weight is 229 g/mol. The molecule has 0 atom stereocenters. The Labute approximate surface area is 100 Å². The van der Waals surface area contributed by atoms with Crippen molar-refractivity contribution in [3.05, 3.63) is 52.8 Å². The smallest absolute Gasteiger partial charge is 0.248 e. The molecule has 0 bridgehead atoms. The van der Waals surface area contributed by atoms with Crippen LogP contribution in [-0.4, -0.2) is 15.7 Å². The standard InChI is InChI=1S/C13H15N3O/c1-9-11(8-15-16(9)2)7-10-5-3-4-6-12(10)13(14)17/h3-6,8H,7H2,1-2H3,(H2,14,17). The molecule has 1 amide bonds. The van der Waals surface area contributed by atoms with Crippen LogP contribution < -0.4 is 5.73 Å². The first-order chi connectivity index (χ1) is 8.09. The van der Waals surface area contributed by atoms with Crippen molar-refractivity contribution in [2.24, 2.45) is 12.8 Å². The number of benzene rings is 1. The Morgan fingerprint density at radius 2 is 2.06 bits per heavy atom. The second-order valence-corrected chi connectivity index (χ2v) is 4.08. The molecule has 0 radical (unpaired) electrons. The quantitative estimate of drug-likeness (QED) is 0.865. The topological polar surface area (TPSA) is 60.9 Å². The summed E-state index contributed by atoms with van der Waals surface area (Å²) in [5.41, 5.74) is 9.09. The molecule has 88 valence electrons. The molecule has 4 nitrogen and oxygen atoms in total. The van der Waals surface area contributed by atoms with E-state index in [0.717, 1.165) is 16.8 Å². The molecule has 0 saturated heterocycles. The lowest BCUT2D eigenvalue weighted by molar-refractivity contribution is 0.0999. The molecule has 0 aliphatic rings. The van der Waals surface area contributed by atoms with Gasteiger partial charge in [0.05, 0.1) is 6.20 Å². The molecule has 17 heavy (non-hydrogen) atoms. The molecule has 1 aromatic heterocycles. The van der Waals surface area contributed by atoms with Gasteiger partial charge in [-0.2, -0.15) is 5.10 Å². The highest BCUT2D eigenvalue weighted by atomic mass is 16.1. The number of nitrogens with two attached hydrogens (primary N) is 1. The van der Waals surface area contributed by atoms with Crippen molar-refractivity contribution in [2.45, 2.75) is 13.3 Å². The number of hydrogen-bond donors (Lipinski definition) is 1. The summed E-state index contributed by atoms with van der Waals surface area (Å²) in [4.78, 5) is 11.3. The summed E-state index contributed by atoms with van der Waals surface area (Å²) in [7, 11) is 1.90. The van der Waals surface area contributed by atoms with Gasteiger partial charge in [-0.3, -0.25) is 9.48 Å². The summed E-state index contributed by atoms with van der Waals surface area (Å²) in [6.07, 6.45) is 2.51. The third-order valence-corrected chi connectivity index (χ3v) is 3.00. The van der Waals surface area contributed by atoms with Crippen molar-refractivity contribution in [3.63, 3.8) is 0 Å². The van der Waals surface area contributed by atoms with Crippen LogP contribution in [-0.2, 0) is 13.5 Å². The lowest BCUT2D eigenvalue weighted by Crippen LogP contribution is -2.13. The molecule has 0 unspecified atom stereocenters. The van der Waals surface area contributed by atoms with Crippen molar-refractivity contribution in [3.8, 4) is 0 Å². The number of nitrogens with zero attached hydrogens (tertiary/aromatic N) is 2. The first kappa shape index (κ1) is 11.4. The van der Waals surface area contributed by atoms with E-state index in [1.807, 2.05) is 43.0 Å². The fourth-order valence-corrected chi connectivity index (χ4v) is 1.84. The van der Waals surface area contributed by atoms with E-state index in [2.05, 4.69) is 5.10 Å². The van der Waals surface area contributed by atoms with Gasteiger partial charge in [0.1, 0.15) is 0 Å². The summed E-state index contributed by atoms with van der Waals surface area (Å²) in [6.45, 7) is 2.01. The molecule has 2 rings (SSSR count). The van der Waals surface area contributed by atoms with Gasteiger partial charge in [-0.05, 0) is 24.1 Å².